The first-order chi connectivity index (χ1) is 8.56. The summed E-state index contributed by atoms with van der Waals surface area (Å²) < 4.78 is 18.5. The SMILES string of the molecule is O=C(Oc1ccc(Cl)cc1)c1ccc(Cl)cc1F. The van der Waals surface area contributed by atoms with Crippen LogP contribution in [0.25, 0.3) is 0 Å². The summed E-state index contributed by atoms with van der Waals surface area (Å²) in [5.41, 5.74) is -0.172. The van der Waals surface area contributed by atoms with Gasteiger partial charge in [0.2, 0.25) is 0 Å². The Morgan fingerprint density at radius 1 is 1.00 bits per heavy atom. The maximum Gasteiger partial charge on any atom is 0.346 e. The van der Waals surface area contributed by atoms with Crippen LogP contribution in [-0.4, -0.2) is 5.97 Å². The normalized spacial score (nSPS) is 10.2. The van der Waals surface area contributed by atoms with E-state index in [4.69, 9.17) is 27.9 Å². The second-order valence-corrected chi connectivity index (χ2v) is 4.34. The molecule has 0 aliphatic heterocycles. The molecule has 0 aliphatic carbocycles. The van der Waals surface area contributed by atoms with Gasteiger partial charge in [-0.3, -0.25) is 0 Å². The molecule has 2 aromatic rings. The van der Waals surface area contributed by atoms with Gasteiger partial charge in [-0.1, -0.05) is 23.2 Å². The lowest BCUT2D eigenvalue weighted by molar-refractivity contribution is 0.0730. The molecule has 0 radical (unpaired) electrons. The van der Waals surface area contributed by atoms with Crippen LogP contribution in [0.2, 0.25) is 10.0 Å². The first-order valence-electron chi connectivity index (χ1n) is 4.99. The molecule has 0 amide bonds. The summed E-state index contributed by atoms with van der Waals surface area (Å²) in [7, 11) is 0. The molecule has 0 saturated carbocycles. The fourth-order valence-electron chi connectivity index (χ4n) is 1.32. The molecule has 0 aliphatic rings. The van der Waals surface area contributed by atoms with Crippen molar-refractivity contribution in [3.8, 4) is 5.75 Å². The zero-order chi connectivity index (χ0) is 13.1. The van der Waals surface area contributed by atoms with Crippen LogP contribution in [0.3, 0.4) is 0 Å². The lowest BCUT2D eigenvalue weighted by Gasteiger charge is -2.05. The van der Waals surface area contributed by atoms with E-state index in [1.807, 2.05) is 0 Å². The molecule has 0 spiro atoms. The third-order valence-electron chi connectivity index (χ3n) is 2.18. The van der Waals surface area contributed by atoms with Crippen LogP contribution in [0.5, 0.6) is 5.75 Å². The number of esters is 1. The van der Waals surface area contributed by atoms with Gasteiger partial charge in [-0.15, -0.1) is 0 Å². The van der Waals surface area contributed by atoms with Crippen molar-refractivity contribution in [2.75, 3.05) is 0 Å². The quantitative estimate of drug-likeness (QED) is 0.605. The van der Waals surface area contributed by atoms with Crippen molar-refractivity contribution in [1.29, 1.82) is 0 Å². The second-order valence-electron chi connectivity index (χ2n) is 3.47. The van der Waals surface area contributed by atoms with Gasteiger partial charge in [0.15, 0.2) is 0 Å². The first-order valence-corrected chi connectivity index (χ1v) is 5.74. The number of ether oxygens (including phenoxy) is 1. The highest BCUT2D eigenvalue weighted by molar-refractivity contribution is 6.30. The van der Waals surface area contributed by atoms with Gasteiger partial charge in [0.05, 0.1) is 5.56 Å². The van der Waals surface area contributed by atoms with Crippen LogP contribution in [0.4, 0.5) is 4.39 Å². The van der Waals surface area contributed by atoms with Crippen LogP contribution < -0.4 is 4.74 Å². The lowest BCUT2D eigenvalue weighted by atomic mass is 10.2. The molecule has 0 bridgehead atoms. The van der Waals surface area contributed by atoms with E-state index in [-0.39, 0.29) is 10.6 Å². The van der Waals surface area contributed by atoms with E-state index in [0.717, 1.165) is 6.07 Å². The van der Waals surface area contributed by atoms with E-state index in [1.165, 1.54) is 24.3 Å². The molecule has 0 aromatic heterocycles. The standard InChI is InChI=1S/C13H7Cl2FO2/c14-8-1-4-10(5-2-8)18-13(17)11-6-3-9(15)7-12(11)16/h1-7H. The van der Waals surface area contributed by atoms with E-state index in [9.17, 15) is 9.18 Å². The van der Waals surface area contributed by atoms with E-state index in [1.54, 1.807) is 12.1 Å². The second kappa shape index (κ2) is 5.38. The van der Waals surface area contributed by atoms with E-state index in [2.05, 4.69) is 0 Å². The topological polar surface area (TPSA) is 26.3 Å². The fraction of sp³-hybridized carbons (Fsp3) is 0. The smallest absolute Gasteiger partial charge is 0.346 e. The van der Waals surface area contributed by atoms with Gasteiger partial charge in [-0.05, 0) is 42.5 Å². The average Bonchev–Trinajstić information content (AvgIpc) is 2.32. The Labute approximate surface area is 113 Å². The van der Waals surface area contributed by atoms with Gasteiger partial charge in [0.25, 0.3) is 0 Å². The summed E-state index contributed by atoms with van der Waals surface area (Å²) in [6, 6.07) is 9.94. The average molecular weight is 285 g/mol. The first kappa shape index (κ1) is 12.9. The summed E-state index contributed by atoms with van der Waals surface area (Å²) in [5.74, 6) is -1.22. The summed E-state index contributed by atoms with van der Waals surface area (Å²) in [6.07, 6.45) is 0. The van der Waals surface area contributed by atoms with Crippen molar-refractivity contribution in [3.05, 3.63) is 63.9 Å². The summed E-state index contributed by atoms with van der Waals surface area (Å²) in [4.78, 5) is 11.7. The largest absolute Gasteiger partial charge is 0.423 e. The third-order valence-corrected chi connectivity index (χ3v) is 2.66. The molecule has 0 N–H and O–H groups in total. The Morgan fingerprint density at radius 3 is 2.22 bits per heavy atom. The molecule has 2 rings (SSSR count). The van der Waals surface area contributed by atoms with E-state index < -0.39 is 11.8 Å². The predicted molar refractivity (Wildman–Crippen MR) is 67.8 cm³/mol. The monoisotopic (exact) mass is 284 g/mol. The van der Waals surface area contributed by atoms with Crippen LogP contribution in [0.1, 0.15) is 10.4 Å². The van der Waals surface area contributed by atoms with Gasteiger partial charge in [0, 0.05) is 10.0 Å². The van der Waals surface area contributed by atoms with E-state index in [0.29, 0.717) is 10.8 Å². The Kier molecular flexibility index (Phi) is 3.84. The van der Waals surface area contributed by atoms with E-state index >= 15 is 0 Å². The number of rotatable bonds is 2. The molecule has 2 aromatic carbocycles. The number of carbonyl (C=O) groups is 1. The van der Waals surface area contributed by atoms with Crippen LogP contribution in [0.15, 0.2) is 42.5 Å². The lowest BCUT2D eigenvalue weighted by Crippen LogP contribution is -2.10. The number of halogens is 3. The number of hydrogen-bond donors (Lipinski definition) is 0. The van der Waals surface area contributed by atoms with Crippen molar-refractivity contribution in [1.82, 2.24) is 0 Å². The summed E-state index contributed by atoms with van der Waals surface area (Å²) in [5, 5.41) is 0.739. The van der Waals surface area contributed by atoms with Crippen molar-refractivity contribution >= 4 is 29.2 Å². The van der Waals surface area contributed by atoms with Gasteiger partial charge in [-0.2, -0.15) is 0 Å². The van der Waals surface area contributed by atoms with Crippen molar-refractivity contribution in [3.63, 3.8) is 0 Å². The molecule has 0 unspecified atom stereocenters. The minimum Gasteiger partial charge on any atom is -0.423 e. The van der Waals surface area contributed by atoms with Crippen LogP contribution >= 0.6 is 23.2 Å². The van der Waals surface area contributed by atoms with Crippen molar-refractivity contribution in [2.24, 2.45) is 0 Å². The zero-order valence-corrected chi connectivity index (χ0v) is 10.5. The van der Waals surface area contributed by atoms with Gasteiger partial charge in [-0.25, -0.2) is 9.18 Å². The van der Waals surface area contributed by atoms with Gasteiger partial charge in [0.1, 0.15) is 11.6 Å². The molecule has 92 valence electrons. The Bertz CT molecular complexity index is 582. The highest BCUT2D eigenvalue weighted by Gasteiger charge is 2.14. The maximum absolute atomic E-state index is 13.5. The number of hydrogen-bond acceptors (Lipinski definition) is 2. The van der Waals surface area contributed by atoms with Crippen LogP contribution in [0, 0.1) is 5.82 Å². The van der Waals surface area contributed by atoms with Crippen molar-refractivity contribution < 1.29 is 13.9 Å². The predicted octanol–water partition coefficient (Wildman–Crippen LogP) is 4.35. The Morgan fingerprint density at radius 2 is 1.61 bits per heavy atom. The third kappa shape index (κ3) is 3.00. The summed E-state index contributed by atoms with van der Waals surface area (Å²) in [6.45, 7) is 0. The summed E-state index contributed by atoms with van der Waals surface area (Å²) >= 11 is 11.3. The molecular weight excluding hydrogens is 278 g/mol. The highest BCUT2D eigenvalue weighted by Crippen LogP contribution is 2.19. The molecule has 18 heavy (non-hydrogen) atoms. The van der Waals surface area contributed by atoms with Crippen LogP contribution in [-0.2, 0) is 0 Å². The maximum atomic E-state index is 13.5. The molecule has 0 atom stereocenters. The molecular formula is C13H7Cl2FO2. The van der Waals surface area contributed by atoms with Crippen molar-refractivity contribution in [2.45, 2.75) is 0 Å². The molecule has 5 heteroatoms. The molecule has 0 heterocycles. The number of carbonyl (C=O) groups excluding carboxylic acids is 1. The highest BCUT2D eigenvalue weighted by atomic mass is 35.5. The minimum atomic E-state index is -0.786. The fourth-order valence-corrected chi connectivity index (χ4v) is 1.60. The van der Waals surface area contributed by atoms with Gasteiger partial charge < -0.3 is 4.74 Å². The minimum absolute atomic E-state index is 0.172. The zero-order valence-electron chi connectivity index (χ0n) is 8.99. The Balaban J connectivity index is 2.19. The Hall–Kier alpha value is -1.58. The molecule has 2 nitrogen and oxygen atoms in total. The van der Waals surface area contributed by atoms with Gasteiger partial charge >= 0.3 is 5.97 Å². The number of benzene rings is 2. The molecule has 0 fully saturated rings. The molecule has 0 saturated heterocycles.